The molecule has 66 valence electrons. The number of hydrogen-bond donors (Lipinski definition) is 1. The quantitative estimate of drug-likeness (QED) is 0.632. The molecule has 2 N–H and O–H groups in total. The highest BCUT2D eigenvalue weighted by Crippen LogP contribution is 1.97. The maximum absolute atomic E-state index is 11.8. The maximum atomic E-state index is 11.8. The van der Waals surface area contributed by atoms with Gasteiger partial charge in [-0.15, -0.1) is 0 Å². The zero-order valence-electron chi connectivity index (χ0n) is 7.01. The molecule has 0 aliphatic heterocycles. The Balaban J connectivity index is 3.56. The van der Waals surface area contributed by atoms with Gasteiger partial charge in [0.1, 0.15) is 6.67 Å². The summed E-state index contributed by atoms with van der Waals surface area (Å²) in [6, 6.07) is 0. The average molecular weight is 178 g/mol. The van der Waals surface area contributed by atoms with Crippen LogP contribution in [0.25, 0.3) is 0 Å². The third-order valence-corrected chi connectivity index (χ3v) is 1.94. The molecule has 0 saturated heterocycles. The fourth-order valence-electron chi connectivity index (χ4n) is 0.793. The zero-order valence-corrected chi connectivity index (χ0v) is 7.83. The van der Waals surface area contributed by atoms with Crippen molar-refractivity contribution in [1.29, 1.82) is 0 Å². The van der Waals surface area contributed by atoms with Gasteiger partial charge in [-0.2, -0.15) is 0 Å². The van der Waals surface area contributed by atoms with E-state index in [0.717, 1.165) is 6.54 Å². The molecule has 11 heavy (non-hydrogen) atoms. The van der Waals surface area contributed by atoms with Gasteiger partial charge in [0.15, 0.2) is 0 Å². The van der Waals surface area contributed by atoms with E-state index in [-0.39, 0.29) is 12.6 Å². The first-order valence-corrected chi connectivity index (χ1v) is 4.02. The normalized spacial score (nSPS) is 13.5. The van der Waals surface area contributed by atoms with Crippen molar-refractivity contribution in [3.8, 4) is 0 Å². The first-order valence-electron chi connectivity index (χ1n) is 3.61. The first kappa shape index (κ1) is 10.8. The van der Waals surface area contributed by atoms with Gasteiger partial charge < -0.3 is 10.6 Å². The number of hydrogen-bond acceptors (Lipinski definition) is 2. The van der Waals surface area contributed by atoms with Crippen LogP contribution in [0.1, 0.15) is 6.92 Å². The maximum Gasteiger partial charge on any atom is 0.102 e. The summed E-state index contributed by atoms with van der Waals surface area (Å²) in [6.07, 6.45) is 0. The molecule has 0 saturated carbocycles. The molecule has 0 fully saturated rings. The lowest BCUT2D eigenvalue weighted by Gasteiger charge is -2.18. The molecular weight excluding hydrogens is 163 g/mol. The summed E-state index contributed by atoms with van der Waals surface area (Å²) in [6.45, 7) is 2.81. The van der Waals surface area contributed by atoms with Crippen molar-refractivity contribution >= 4 is 17.2 Å². The van der Waals surface area contributed by atoms with Gasteiger partial charge >= 0.3 is 0 Å². The van der Waals surface area contributed by atoms with Gasteiger partial charge in [-0.05, 0) is 7.05 Å². The Morgan fingerprint density at radius 2 is 2.27 bits per heavy atom. The second-order valence-corrected chi connectivity index (χ2v) is 3.23. The highest BCUT2D eigenvalue weighted by Gasteiger charge is 2.07. The van der Waals surface area contributed by atoms with E-state index in [2.05, 4.69) is 0 Å². The van der Waals surface area contributed by atoms with Crippen LogP contribution in [0.3, 0.4) is 0 Å². The fourth-order valence-corrected chi connectivity index (χ4v) is 0.868. The lowest BCUT2D eigenvalue weighted by Crippen LogP contribution is -2.32. The molecule has 0 rings (SSSR count). The Kier molecular flexibility index (Phi) is 5.32. The van der Waals surface area contributed by atoms with Crippen LogP contribution in [0.15, 0.2) is 0 Å². The summed E-state index contributed by atoms with van der Waals surface area (Å²) in [5, 5.41) is 0. The van der Waals surface area contributed by atoms with E-state index in [0.29, 0.717) is 11.5 Å². The molecule has 0 aliphatic carbocycles. The summed E-state index contributed by atoms with van der Waals surface area (Å²) in [4.78, 5) is 2.37. The standard InChI is InChI=1S/C7H15FN2S/c1-6(7(9)11)5-10(2)4-3-8/h6H,3-5H2,1-2H3,(H2,9,11). The van der Waals surface area contributed by atoms with Crippen LogP contribution >= 0.6 is 12.2 Å². The molecule has 0 amide bonds. The number of rotatable bonds is 5. The SMILES string of the molecule is CC(CN(C)CCF)C(N)=S. The predicted octanol–water partition coefficient (Wildman–Crippen LogP) is 0.810. The minimum absolute atomic E-state index is 0.168. The summed E-state index contributed by atoms with van der Waals surface area (Å²) >= 11 is 4.78. The van der Waals surface area contributed by atoms with Crippen LogP contribution in [-0.2, 0) is 0 Å². The van der Waals surface area contributed by atoms with Gasteiger partial charge in [-0.1, -0.05) is 19.1 Å². The zero-order chi connectivity index (χ0) is 8.85. The van der Waals surface area contributed by atoms with Crippen LogP contribution in [-0.4, -0.2) is 36.7 Å². The van der Waals surface area contributed by atoms with E-state index in [4.69, 9.17) is 18.0 Å². The highest BCUT2D eigenvalue weighted by molar-refractivity contribution is 7.80. The molecule has 0 heterocycles. The van der Waals surface area contributed by atoms with Crippen molar-refractivity contribution in [3.05, 3.63) is 0 Å². The van der Waals surface area contributed by atoms with Gasteiger partial charge in [-0.25, -0.2) is 4.39 Å². The Morgan fingerprint density at radius 3 is 2.64 bits per heavy atom. The number of halogens is 1. The molecule has 0 aromatic carbocycles. The number of thiocarbonyl (C=S) groups is 1. The van der Waals surface area contributed by atoms with Crippen molar-refractivity contribution in [2.45, 2.75) is 6.92 Å². The van der Waals surface area contributed by atoms with Crippen LogP contribution < -0.4 is 5.73 Å². The number of nitrogens with zero attached hydrogens (tertiary/aromatic N) is 1. The number of nitrogens with two attached hydrogens (primary N) is 1. The second-order valence-electron chi connectivity index (χ2n) is 2.75. The van der Waals surface area contributed by atoms with E-state index in [1.807, 2.05) is 18.9 Å². The lowest BCUT2D eigenvalue weighted by molar-refractivity contribution is 0.282. The third kappa shape index (κ3) is 5.09. The third-order valence-electron chi connectivity index (χ3n) is 1.54. The average Bonchev–Trinajstić information content (AvgIpc) is 1.87. The Hall–Kier alpha value is -0.220. The minimum Gasteiger partial charge on any atom is -0.393 e. The molecule has 0 spiro atoms. The molecule has 1 unspecified atom stereocenters. The smallest absolute Gasteiger partial charge is 0.102 e. The Labute approximate surface area is 72.6 Å². The van der Waals surface area contributed by atoms with E-state index >= 15 is 0 Å². The summed E-state index contributed by atoms with van der Waals surface area (Å²) in [7, 11) is 1.86. The van der Waals surface area contributed by atoms with E-state index in [1.165, 1.54) is 0 Å². The van der Waals surface area contributed by atoms with Crippen LogP contribution in [0, 0.1) is 5.92 Å². The van der Waals surface area contributed by atoms with Gasteiger partial charge in [0, 0.05) is 19.0 Å². The molecule has 0 radical (unpaired) electrons. The first-order chi connectivity index (χ1) is 5.07. The van der Waals surface area contributed by atoms with Crippen LogP contribution in [0.5, 0.6) is 0 Å². The minimum atomic E-state index is -0.319. The van der Waals surface area contributed by atoms with Crippen molar-refractivity contribution < 1.29 is 4.39 Å². The summed E-state index contributed by atoms with van der Waals surface area (Å²) in [5.74, 6) is 0.168. The molecule has 1 atom stereocenters. The molecule has 0 bridgehead atoms. The molecule has 0 aromatic rings. The van der Waals surface area contributed by atoms with Crippen molar-refractivity contribution in [2.75, 3.05) is 26.8 Å². The van der Waals surface area contributed by atoms with E-state index < -0.39 is 0 Å². The largest absolute Gasteiger partial charge is 0.393 e. The number of alkyl halides is 1. The predicted molar refractivity (Wildman–Crippen MR) is 49.4 cm³/mol. The molecular formula is C7H15FN2S. The summed E-state index contributed by atoms with van der Waals surface area (Å²) < 4.78 is 11.8. The van der Waals surface area contributed by atoms with Gasteiger partial charge in [0.25, 0.3) is 0 Å². The molecule has 2 nitrogen and oxygen atoms in total. The van der Waals surface area contributed by atoms with Crippen molar-refractivity contribution in [3.63, 3.8) is 0 Å². The van der Waals surface area contributed by atoms with Crippen LogP contribution in [0.2, 0.25) is 0 Å². The highest BCUT2D eigenvalue weighted by atomic mass is 32.1. The lowest BCUT2D eigenvalue weighted by atomic mass is 10.2. The van der Waals surface area contributed by atoms with Crippen molar-refractivity contribution in [1.82, 2.24) is 4.90 Å². The Bertz CT molecular complexity index is 130. The Morgan fingerprint density at radius 1 is 1.73 bits per heavy atom. The molecule has 4 heteroatoms. The summed E-state index contributed by atoms with van der Waals surface area (Å²) in [5.41, 5.74) is 5.39. The molecule has 0 aromatic heterocycles. The monoisotopic (exact) mass is 178 g/mol. The van der Waals surface area contributed by atoms with E-state index in [1.54, 1.807) is 0 Å². The fraction of sp³-hybridized carbons (Fsp3) is 0.857. The topological polar surface area (TPSA) is 29.3 Å². The van der Waals surface area contributed by atoms with E-state index in [9.17, 15) is 4.39 Å². The van der Waals surface area contributed by atoms with Gasteiger partial charge in [0.2, 0.25) is 0 Å². The van der Waals surface area contributed by atoms with Crippen molar-refractivity contribution in [2.24, 2.45) is 11.7 Å². The second kappa shape index (κ2) is 5.43. The van der Waals surface area contributed by atoms with Crippen LogP contribution in [0.4, 0.5) is 4.39 Å². The van der Waals surface area contributed by atoms with Gasteiger partial charge in [0.05, 0.1) is 4.99 Å². The van der Waals surface area contributed by atoms with Gasteiger partial charge in [-0.3, -0.25) is 0 Å². The molecule has 0 aliphatic rings.